The van der Waals surface area contributed by atoms with E-state index < -0.39 is 0 Å². The van der Waals surface area contributed by atoms with Gasteiger partial charge in [0, 0.05) is 31.3 Å². The molecule has 1 aromatic carbocycles. The van der Waals surface area contributed by atoms with Crippen LogP contribution in [0.25, 0.3) is 0 Å². The van der Waals surface area contributed by atoms with Crippen molar-refractivity contribution in [3.05, 3.63) is 35.4 Å². The maximum absolute atomic E-state index is 12.4. The van der Waals surface area contributed by atoms with Crippen LogP contribution in [-0.4, -0.2) is 43.6 Å². The van der Waals surface area contributed by atoms with E-state index in [-0.39, 0.29) is 11.4 Å². The molecule has 0 saturated carbocycles. The van der Waals surface area contributed by atoms with Crippen molar-refractivity contribution < 1.29 is 9.53 Å². The van der Waals surface area contributed by atoms with Crippen molar-refractivity contribution in [2.24, 2.45) is 0 Å². The Labute approximate surface area is 134 Å². The molecule has 1 aliphatic heterocycles. The lowest BCUT2D eigenvalue weighted by Gasteiger charge is -2.38. The summed E-state index contributed by atoms with van der Waals surface area (Å²) in [6.45, 7) is 8.72. The van der Waals surface area contributed by atoms with Crippen LogP contribution in [0, 0.1) is 0 Å². The Hall–Kier alpha value is -1.39. The van der Waals surface area contributed by atoms with Gasteiger partial charge in [0.2, 0.25) is 0 Å². The summed E-state index contributed by atoms with van der Waals surface area (Å²) < 4.78 is 5.11. The van der Waals surface area contributed by atoms with Gasteiger partial charge in [0.05, 0.1) is 6.61 Å². The fourth-order valence-corrected chi connectivity index (χ4v) is 2.55. The van der Waals surface area contributed by atoms with Gasteiger partial charge in [-0.25, -0.2) is 0 Å². The minimum atomic E-state index is -0.0964. The number of carbonyl (C=O) groups excluding carboxylic acids is 1. The maximum Gasteiger partial charge on any atom is 0.251 e. The number of ether oxygens (including phenoxy) is 1. The number of carbonyl (C=O) groups is 1. The first kappa shape index (κ1) is 18.7. The third kappa shape index (κ3) is 5.43. The van der Waals surface area contributed by atoms with E-state index in [4.69, 9.17) is 4.74 Å². The van der Waals surface area contributed by atoms with Gasteiger partial charge in [0.25, 0.3) is 5.91 Å². The van der Waals surface area contributed by atoms with Crippen molar-refractivity contribution >= 4 is 5.91 Å². The van der Waals surface area contributed by atoms with Crippen LogP contribution >= 0.6 is 0 Å². The van der Waals surface area contributed by atoms with Crippen LogP contribution < -0.4 is 5.32 Å². The van der Waals surface area contributed by atoms with Crippen LogP contribution in [0.2, 0.25) is 0 Å². The predicted molar refractivity (Wildman–Crippen MR) is 91.1 cm³/mol. The summed E-state index contributed by atoms with van der Waals surface area (Å²) in [6.07, 6.45) is 1.99. The smallest absolute Gasteiger partial charge is 0.251 e. The molecule has 0 spiro atoms. The van der Waals surface area contributed by atoms with Crippen molar-refractivity contribution in [3.63, 3.8) is 0 Å². The Morgan fingerprint density at radius 2 is 1.95 bits per heavy atom. The van der Waals surface area contributed by atoms with Gasteiger partial charge in [-0.3, -0.25) is 4.79 Å². The number of nitrogens with zero attached hydrogens (tertiary/aromatic N) is 1. The van der Waals surface area contributed by atoms with E-state index in [1.54, 1.807) is 7.11 Å². The second kappa shape index (κ2) is 8.91. The van der Waals surface area contributed by atoms with E-state index in [2.05, 4.69) is 24.2 Å². The van der Waals surface area contributed by atoms with Crippen molar-refractivity contribution in [2.75, 3.05) is 27.2 Å². The molecule has 1 heterocycles. The van der Waals surface area contributed by atoms with Crippen molar-refractivity contribution in [1.29, 1.82) is 0 Å². The summed E-state index contributed by atoms with van der Waals surface area (Å²) in [4.78, 5) is 14.7. The molecule has 0 aromatic heterocycles. The fourth-order valence-electron chi connectivity index (χ4n) is 2.55. The van der Waals surface area contributed by atoms with E-state index in [1.807, 2.05) is 38.1 Å². The molecule has 1 saturated heterocycles. The zero-order valence-electron chi connectivity index (χ0n) is 14.6. The first-order valence-corrected chi connectivity index (χ1v) is 8.11. The normalized spacial score (nSPS) is 17.3. The molecule has 1 N–H and O–H groups in total. The highest BCUT2D eigenvalue weighted by Gasteiger charge is 2.30. The maximum atomic E-state index is 12.4. The number of hydrogen-bond donors (Lipinski definition) is 1. The second-order valence-corrected chi connectivity index (χ2v) is 5.95. The number of benzene rings is 1. The average molecular weight is 306 g/mol. The van der Waals surface area contributed by atoms with E-state index >= 15 is 0 Å². The Bertz CT molecular complexity index is 466. The summed E-state index contributed by atoms with van der Waals surface area (Å²) in [5, 5.41) is 3.19. The van der Waals surface area contributed by atoms with Gasteiger partial charge in [0.1, 0.15) is 0 Å². The highest BCUT2D eigenvalue weighted by molar-refractivity contribution is 5.94. The Morgan fingerprint density at radius 1 is 1.32 bits per heavy atom. The van der Waals surface area contributed by atoms with Gasteiger partial charge in [-0.1, -0.05) is 26.0 Å². The Morgan fingerprint density at radius 3 is 2.55 bits per heavy atom. The molecular weight excluding hydrogens is 276 g/mol. The molecule has 0 atom stereocenters. The minimum absolute atomic E-state index is 0.00926. The largest absolute Gasteiger partial charge is 0.380 e. The molecule has 1 amide bonds. The monoisotopic (exact) mass is 306 g/mol. The van der Waals surface area contributed by atoms with Crippen LogP contribution in [0.5, 0.6) is 0 Å². The summed E-state index contributed by atoms with van der Waals surface area (Å²) in [7, 11) is 3.78. The molecule has 1 aromatic rings. The van der Waals surface area contributed by atoms with Gasteiger partial charge in [-0.2, -0.15) is 0 Å². The lowest BCUT2D eigenvalue weighted by molar-refractivity contribution is 0.0851. The molecular formula is C18H30N2O2. The Balaban J connectivity index is 0.00000116. The number of nitrogens with one attached hydrogen (secondary N) is 1. The first-order valence-electron chi connectivity index (χ1n) is 8.11. The van der Waals surface area contributed by atoms with Crippen LogP contribution in [0.1, 0.15) is 49.5 Å². The van der Waals surface area contributed by atoms with Crippen molar-refractivity contribution in [2.45, 2.75) is 45.8 Å². The Kier molecular flexibility index (Phi) is 7.56. The number of methoxy groups -OCH3 is 1. The van der Waals surface area contributed by atoms with Crippen LogP contribution in [0.4, 0.5) is 0 Å². The molecule has 2 rings (SSSR count). The molecule has 4 heteroatoms. The molecule has 1 aliphatic rings. The summed E-state index contributed by atoms with van der Waals surface area (Å²) >= 11 is 0. The first-order chi connectivity index (χ1) is 10.5. The van der Waals surface area contributed by atoms with E-state index in [0.29, 0.717) is 12.2 Å². The van der Waals surface area contributed by atoms with Crippen molar-refractivity contribution in [1.82, 2.24) is 10.2 Å². The zero-order chi connectivity index (χ0) is 16.6. The minimum Gasteiger partial charge on any atom is -0.380 e. The van der Waals surface area contributed by atoms with E-state index in [1.165, 1.54) is 0 Å². The number of amides is 1. The predicted octanol–water partition coefficient (Wildman–Crippen LogP) is 3.07. The highest BCUT2D eigenvalue weighted by Crippen LogP contribution is 2.21. The van der Waals surface area contributed by atoms with E-state index in [0.717, 1.165) is 31.5 Å². The molecule has 0 bridgehead atoms. The molecule has 0 unspecified atom stereocenters. The molecule has 22 heavy (non-hydrogen) atoms. The third-order valence-electron chi connectivity index (χ3n) is 4.01. The number of likely N-dealkylation sites (tertiary alicyclic amines) is 1. The molecule has 1 fully saturated rings. The summed E-state index contributed by atoms with van der Waals surface area (Å²) in [5.41, 5.74) is 1.63. The third-order valence-corrected chi connectivity index (χ3v) is 4.01. The van der Waals surface area contributed by atoms with Gasteiger partial charge in [0.15, 0.2) is 0 Å². The summed E-state index contributed by atoms with van der Waals surface area (Å²) in [5.74, 6) is 0.00926. The fraction of sp³-hybridized carbons (Fsp3) is 0.611. The quantitative estimate of drug-likeness (QED) is 0.929. The highest BCUT2D eigenvalue weighted by atomic mass is 16.5. The standard InChI is InChI=1S/C16H24N2O2.C2H6/c1-16(7-9-18(2)10-8-16)17-15(19)14-6-4-5-13(11-14)12-20-3;1-2/h4-6,11H,7-10,12H2,1-3H3,(H,17,19);1-2H3. The van der Waals surface area contributed by atoms with Gasteiger partial charge < -0.3 is 15.0 Å². The number of rotatable bonds is 4. The van der Waals surface area contributed by atoms with Crippen LogP contribution in [-0.2, 0) is 11.3 Å². The lowest BCUT2D eigenvalue weighted by atomic mass is 9.89. The van der Waals surface area contributed by atoms with Gasteiger partial charge >= 0.3 is 0 Å². The van der Waals surface area contributed by atoms with Crippen LogP contribution in [0.3, 0.4) is 0 Å². The molecule has 0 aliphatic carbocycles. The summed E-state index contributed by atoms with van der Waals surface area (Å²) in [6, 6.07) is 7.63. The zero-order valence-corrected chi connectivity index (χ0v) is 14.6. The van der Waals surface area contributed by atoms with E-state index in [9.17, 15) is 4.79 Å². The second-order valence-electron chi connectivity index (χ2n) is 5.95. The average Bonchev–Trinajstić information content (AvgIpc) is 2.53. The van der Waals surface area contributed by atoms with Gasteiger partial charge in [-0.05, 0) is 44.5 Å². The number of piperidine rings is 1. The van der Waals surface area contributed by atoms with Crippen LogP contribution in [0.15, 0.2) is 24.3 Å². The topological polar surface area (TPSA) is 41.6 Å². The SMILES string of the molecule is CC.COCc1cccc(C(=O)NC2(C)CCN(C)CC2)c1. The number of hydrogen-bond acceptors (Lipinski definition) is 3. The van der Waals surface area contributed by atoms with Gasteiger partial charge in [-0.15, -0.1) is 0 Å². The molecule has 4 nitrogen and oxygen atoms in total. The van der Waals surface area contributed by atoms with Crippen molar-refractivity contribution in [3.8, 4) is 0 Å². The molecule has 0 radical (unpaired) electrons. The lowest BCUT2D eigenvalue weighted by Crippen LogP contribution is -2.52. The molecule has 124 valence electrons.